The molecule has 24 heavy (non-hydrogen) atoms. The molecule has 2 unspecified atom stereocenters. The lowest BCUT2D eigenvalue weighted by atomic mass is 9.71. The molecule has 1 aromatic carbocycles. The molecule has 2 N–H and O–H groups in total. The van der Waals surface area contributed by atoms with Gasteiger partial charge in [-0.05, 0) is 67.2 Å². The van der Waals surface area contributed by atoms with Gasteiger partial charge in [0.15, 0.2) is 0 Å². The number of amides is 1. The molecule has 0 radical (unpaired) electrons. The smallest absolute Gasteiger partial charge is 0.224 e. The normalized spacial score (nSPS) is 29.2. The van der Waals surface area contributed by atoms with E-state index in [0.29, 0.717) is 11.3 Å². The number of hydrogen-bond acceptors (Lipinski definition) is 2. The Hall–Kier alpha value is -1.06. The maximum Gasteiger partial charge on any atom is 0.224 e. The number of nitrogens with one attached hydrogen (secondary N) is 2. The van der Waals surface area contributed by atoms with Crippen LogP contribution in [0.25, 0.3) is 0 Å². The summed E-state index contributed by atoms with van der Waals surface area (Å²) in [7, 11) is 0. The quantitative estimate of drug-likeness (QED) is 0.855. The van der Waals surface area contributed by atoms with Crippen LogP contribution >= 0.6 is 12.4 Å². The number of hydrogen-bond donors (Lipinski definition) is 2. The van der Waals surface area contributed by atoms with Gasteiger partial charge in [0.25, 0.3) is 0 Å². The maximum atomic E-state index is 12.8. The molecule has 1 aromatic rings. The number of carbonyl (C=O) groups excluding carboxylic acids is 1. The Kier molecular flexibility index (Phi) is 4.69. The van der Waals surface area contributed by atoms with E-state index in [4.69, 9.17) is 0 Å². The zero-order valence-corrected chi connectivity index (χ0v) is 15.5. The van der Waals surface area contributed by atoms with E-state index in [1.807, 2.05) is 0 Å². The summed E-state index contributed by atoms with van der Waals surface area (Å²) >= 11 is 0. The molecule has 0 bridgehead atoms. The summed E-state index contributed by atoms with van der Waals surface area (Å²) in [5.74, 6) is 0.554. The topological polar surface area (TPSA) is 41.1 Å². The molecule has 2 fully saturated rings. The fraction of sp³-hybridized carbons (Fsp3) is 0.650. The first kappa shape index (κ1) is 17.8. The SMILES string of the molecule is CC1(C)CCC(NC(=O)C2CC23CCNCC3)c2ccccc21.Cl. The lowest BCUT2D eigenvalue weighted by Crippen LogP contribution is -2.38. The van der Waals surface area contributed by atoms with E-state index < -0.39 is 0 Å². The summed E-state index contributed by atoms with van der Waals surface area (Å²) < 4.78 is 0. The summed E-state index contributed by atoms with van der Waals surface area (Å²) in [5, 5.41) is 6.80. The van der Waals surface area contributed by atoms with Gasteiger partial charge in [-0.2, -0.15) is 0 Å². The lowest BCUT2D eigenvalue weighted by Gasteiger charge is -2.37. The Morgan fingerprint density at radius 2 is 1.88 bits per heavy atom. The molecular weight excluding hydrogens is 320 g/mol. The number of benzene rings is 1. The molecule has 1 heterocycles. The Labute approximate surface area is 151 Å². The summed E-state index contributed by atoms with van der Waals surface area (Å²) in [6.07, 6.45) is 5.62. The van der Waals surface area contributed by atoms with E-state index in [0.717, 1.165) is 32.4 Å². The first-order valence-corrected chi connectivity index (χ1v) is 9.12. The Morgan fingerprint density at radius 3 is 2.62 bits per heavy atom. The van der Waals surface area contributed by atoms with Gasteiger partial charge < -0.3 is 10.6 Å². The van der Waals surface area contributed by atoms with Crippen molar-refractivity contribution in [1.29, 1.82) is 0 Å². The van der Waals surface area contributed by atoms with Crippen LogP contribution in [0.5, 0.6) is 0 Å². The average molecular weight is 349 g/mol. The first-order chi connectivity index (χ1) is 11.0. The fourth-order valence-electron chi connectivity index (χ4n) is 4.83. The molecule has 0 aromatic heterocycles. The van der Waals surface area contributed by atoms with Crippen molar-refractivity contribution in [3.8, 4) is 0 Å². The van der Waals surface area contributed by atoms with Gasteiger partial charge in [-0.25, -0.2) is 0 Å². The number of piperidine rings is 1. The number of halogens is 1. The third kappa shape index (κ3) is 2.97. The van der Waals surface area contributed by atoms with Crippen molar-refractivity contribution >= 4 is 18.3 Å². The zero-order valence-electron chi connectivity index (χ0n) is 14.7. The third-order valence-corrected chi connectivity index (χ3v) is 6.55. The van der Waals surface area contributed by atoms with Crippen molar-refractivity contribution < 1.29 is 4.79 Å². The summed E-state index contributed by atoms with van der Waals surface area (Å²) in [6.45, 7) is 6.78. The van der Waals surface area contributed by atoms with Gasteiger partial charge in [0.1, 0.15) is 0 Å². The van der Waals surface area contributed by atoms with Crippen LogP contribution in [0.3, 0.4) is 0 Å². The van der Waals surface area contributed by atoms with E-state index in [2.05, 4.69) is 48.7 Å². The number of fused-ring (bicyclic) bond motifs is 1. The second kappa shape index (κ2) is 6.34. The van der Waals surface area contributed by atoms with Crippen LogP contribution in [-0.4, -0.2) is 19.0 Å². The molecular formula is C20H29ClN2O. The number of rotatable bonds is 2. The highest BCUT2D eigenvalue weighted by molar-refractivity contribution is 5.85. The van der Waals surface area contributed by atoms with E-state index in [1.165, 1.54) is 24.0 Å². The highest BCUT2D eigenvalue weighted by Gasteiger charge is 2.57. The Morgan fingerprint density at radius 1 is 1.17 bits per heavy atom. The van der Waals surface area contributed by atoms with E-state index >= 15 is 0 Å². The molecule has 1 spiro atoms. The lowest BCUT2D eigenvalue weighted by molar-refractivity contribution is -0.124. The Bertz CT molecular complexity index is 622. The molecule has 3 nitrogen and oxygen atoms in total. The highest BCUT2D eigenvalue weighted by Crippen LogP contribution is 2.58. The van der Waals surface area contributed by atoms with Crippen LogP contribution in [0.1, 0.15) is 63.1 Å². The van der Waals surface area contributed by atoms with Crippen molar-refractivity contribution in [3.63, 3.8) is 0 Å². The third-order valence-electron chi connectivity index (χ3n) is 6.55. The average Bonchev–Trinajstić information content (AvgIpc) is 3.24. The van der Waals surface area contributed by atoms with Gasteiger partial charge in [-0.15, -0.1) is 12.4 Å². The standard InChI is InChI=1S/C20H28N2O.ClH/c1-19(2)8-7-17(14-5-3-4-6-15(14)19)22-18(23)16-13-20(16)9-11-21-12-10-20;/h3-6,16-17,21H,7-13H2,1-2H3,(H,22,23);1H. The minimum absolute atomic E-state index is 0. The van der Waals surface area contributed by atoms with E-state index in [9.17, 15) is 4.79 Å². The van der Waals surface area contributed by atoms with Crippen molar-refractivity contribution in [3.05, 3.63) is 35.4 Å². The molecule has 1 saturated carbocycles. The van der Waals surface area contributed by atoms with Gasteiger partial charge >= 0.3 is 0 Å². The van der Waals surface area contributed by atoms with Crippen LogP contribution in [-0.2, 0) is 10.2 Å². The molecule has 1 amide bonds. The predicted molar refractivity (Wildman–Crippen MR) is 99.5 cm³/mol. The van der Waals surface area contributed by atoms with Crippen molar-refractivity contribution in [2.24, 2.45) is 11.3 Å². The van der Waals surface area contributed by atoms with Crippen LogP contribution in [0, 0.1) is 11.3 Å². The molecule has 1 saturated heterocycles. The van der Waals surface area contributed by atoms with Gasteiger partial charge in [0, 0.05) is 5.92 Å². The second-order valence-electron chi connectivity index (χ2n) is 8.44. The molecule has 3 aliphatic rings. The zero-order chi connectivity index (χ0) is 16.1. The van der Waals surface area contributed by atoms with E-state index in [-0.39, 0.29) is 29.8 Å². The van der Waals surface area contributed by atoms with Gasteiger partial charge in [-0.1, -0.05) is 38.1 Å². The maximum absolute atomic E-state index is 12.8. The second-order valence-corrected chi connectivity index (χ2v) is 8.44. The van der Waals surface area contributed by atoms with Gasteiger partial charge in [0.2, 0.25) is 5.91 Å². The molecule has 132 valence electrons. The predicted octanol–water partition coefficient (Wildman–Crippen LogP) is 3.73. The van der Waals surface area contributed by atoms with Crippen molar-refractivity contribution in [2.45, 2.75) is 57.4 Å². The van der Waals surface area contributed by atoms with Gasteiger partial charge in [-0.3, -0.25) is 4.79 Å². The molecule has 2 atom stereocenters. The van der Waals surface area contributed by atoms with E-state index in [1.54, 1.807) is 0 Å². The largest absolute Gasteiger partial charge is 0.349 e. The highest BCUT2D eigenvalue weighted by atomic mass is 35.5. The minimum Gasteiger partial charge on any atom is -0.349 e. The molecule has 1 aliphatic heterocycles. The minimum atomic E-state index is 0. The molecule has 4 rings (SSSR count). The summed E-state index contributed by atoms with van der Waals surface area (Å²) in [4.78, 5) is 12.8. The first-order valence-electron chi connectivity index (χ1n) is 9.12. The monoisotopic (exact) mass is 348 g/mol. The van der Waals surface area contributed by atoms with Crippen LogP contribution in [0.2, 0.25) is 0 Å². The van der Waals surface area contributed by atoms with Crippen molar-refractivity contribution in [2.75, 3.05) is 13.1 Å². The van der Waals surface area contributed by atoms with Crippen LogP contribution in [0.15, 0.2) is 24.3 Å². The Balaban J connectivity index is 0.00000169. The van der Waals surface area contributed by atoms with Crippen molar-refractivity contribution in [1.82, 2.24) is 10.6 Å². The van der Waals surface area contributed by atoms with Crippen LogP contribution in [0.4, 0.5) is 0 Å². The fourth-order valence-corrected chi connectivity index (χ4v) is 4.83. The molecule has 2 aliphatic carbocycles. The number of carbonyl (C=O) groups is 1. The summed E-state index contributed by atoms with van der Waals surface area (Å²) in [5.41, 5.74) is 3.28. The van der Waals surface area contributed by atoms with Crippen LogP contribution < -0.4 is 10.6 Å². The molecule has 4 heteroatoms. The summed E-state index contributed by atoms with van der Waals surface area (Å²) in [6, 6.07) is 8.86. The van der Waals surface area contributed by atoms with Gasteiger partial charge in [0.05, 0.1) is 6.04 Å².